The first kappa shape index (κ1) is 16.5. The molecule has 0 aliphatic heterocycles. The van der Waals surface area contributed by atoms with Gasteiger partial charge in [0.25, 0.3) is 0 Å². The summed E-state index contributed by atoms with van der Waals surface area (Å²) in [6, 6.07) is 11.5. The number of carbonyl (C=O) groups is 1. The van der Waals surface area contributed by atoms with E-state index in [1.807, 2.05) is 0 Å². The van der Waals surface area contributed by atoms with Gasteiger partial charge in [-0.05, 0) is 24.3 Å². The molecule has 0 aliphatic carbocycles. The number of halogens is 1. The molecular formula is C16H13ClN2O4S. The number of fused-ring (bicyclic) bond motifs is 1. The van der Waals surface area contributed by atoms with E-state index in [1.165, 1.54) is 7.11 Å². The monoisotopic (exact) mass is 364 g/mol. The molecule has 0 saturated carbocycles. The van der Waals surface area contributed by atoms with E-state index < -0.39 is 16.0 Å². The summed E-state index contributed by atoms with van der Waals surface area (Å²) < 4.78 is 30.5. The fraction of sp³-hybridized carbons (Fsp3) is 0.125. The van der Waals surface area contributed by atoms with Gasteiger partial charge >= 0.3 is 5.97 Å². The highest BCUT2D eigenvalue weighted by Gasteiger charge is 2.22. The number of methoxy groups -OCH3 is 1. The van der Waals surface area contributed by atoms with E-state index in [1.54, 1.807) is 42.5 Å². The number of esters is 1. The highest BCUT2D eigenvalue weighted by Crippen LogP contribution is 2.32. The molecule has 0 amide bonds. The van der Waals surface area contributed by atoms with E-state index in [9.17, 15) is 13.2 Å². The maximum absolute atomic E-state index is 12.3. The van der Waals surface area contributed by atoms with Crippen LogP contribution in [0.4, 0.5) is 0 Å². The second-order valence-corrected chi connectivity index (χ2v) is 7.36. The summed E-state index contributed by atoms with van der Waals surface area (Å²) in [7, 11) is -2.42. The molecule has 0 N–H and O–H groups in total. The molecule has 0 unspecified atom stereocenters. The molecule has 3 aromatic rings. The van der Waals surface area contributed by atoms with Crippen molar-refractivity contribution >= 4 is 38.6 Å². The molecule has 3 rings (SSSR count). The maximum Gasteiger partial charge on any atom is 0.338 e. The fourth-order valence-corrected chi connectivity index (χ4v) is 3.66. The van der Waals surface area contributed by atoms with Gasteiger partial charge < -0.3 is 4.74 Å². The van der Waals surface area contributed by atoms with E-state index in [0.717, 1.165) is 10.2 Å². The molecule has 0 saturated heterocycles. The Hall–Kier alpha value is -2.38. The van der Waals surface area contributed by atoms with Crippen molar-refractivity contribution in [3.8, 4) is 11.3 Å². The molecule has 1 aromatic carbocycles. The van der Waals surface area contributed by atoms with Gasteiger partial charge in [-0.2, -0.15) is 0 Å². The molecular weight excluding hydrogens is 352 g/mol. The summed E-state index contributed by atoms with van der Waals surface area (Å²) in [5.41, 5.74) is 1.23. The van der Waals surface area contributed by atoms with Gasteiger partial charge in [0.05, 0.1) is 24.6 Å². The van der Waals surface area contributed by atoms with E-state index >= 15 is 0 Å². The first-order valence-corrected chi connectivity index (χ1v) is 9.12. The lowest BCUT2D eigenvalue weighted by atomic mass is 10.0. The fourth-order valence-electron chi connectivity index (χ4n) is 2.55. The summed E-state index contributed by atoms with van der Waals surface area (Å²) in [6.45, 7) is 0. The van der Waals surface area contributed by atoms with E-state index in [0.29, 0.717) is 16.6 Å². The summed E-state index contributed by atoms with van der Waals surface area (Å²) in [6.07, 6.45) is 1.07. The van der Waals surface area contributed by atoms with Crippen LogP contribution >= 0.6 is 11.6 Å². The molecule has 6 nitrogen and oxygen atoms in total. The van der Waals surface area contributed by atoms with Crippen LogP contribution in [0.2, 0.25) is 5.15 Å². The third kappa shape index (κ3) is 2.76. The van der Waals surface area contributed by atoms with Crippen LogP contribution in [0.3, 0.4) is 0 Å². The van der Waals surface area contributed by atoms with E-state index in [-0.39, 0.29) is 16.4 Å². The largest absolute Gasteiger partial charge is 0.465 e. The molecule has 2 heterocycles. The third-order valence-corrected chi connectivity index (χ3v) is 4.76. The normalized spacial score (nSPS) is 11.6. The highest BCUT2D eigenvalue weighted by molar-refractivity contribution is 7.89. The number of ether oxygens (including phenoxy) is 1. The Labute approximate surface area is 143 Å². The molecule has 8 heteroatoms. The topological polar surface area (TPSA) is 78.3 Å². The van der Waals surface area contributed by atoms with Crippen LogP contribution in [-0.4, -0.2) is 36.7 Å². The zero-order valence-electron chi connectivity index (χ0n) is 12.9. The van der Waals surface area contributed by atoms with Crippen molar-refractivity contribution in [3.05, 3.63) is 53.2 Å². The third-order valence-electron chi connectivity index (χ3n) is 3.51. The minimum atomic E-state index is -3.69. The van der Waals surface area contributed by atoms with Gasteiger partial charge in [0.1, 0.15) is 5.15 Å². The van der Waals surface area contributed by atoms with E-state index in [2.05, 4.69) is 4.98 Å². The number of pyridine rings is 1. The van der Waals surface area contributed by atoms with Crippen LogP contribution < -0.4 is 0 Å². The van der Waals surface area contributed by atoms with Gasteiger partial charge in [-0.3, -0.25) is 0 Å². The van der Waals surface area contributed by atoms with Crippen molar-refractivity contribution in [3.63, 3.8) is 0 Å². The van der Waals surface area contributed by atoms with Crippen molar-refractivity contribution in [1.29, 1.82) is 0 Å². The number of nitrogens with zero attached hydrogens (tertiary/aromatic N) is 2. The van der Waals surface area contributed by atoms with Crippen LogP contribution in [0.25, 0.3) is 22.3 Å². The Balaban J connectivity index is 2.42. The Bertz CT molecular complexity index is 1060. The molecule has 24 heavy (non-hydrogen) atoms. The number of benzene rings is 1. The highest BCUT2D eigenvalue weighted by atomic mass is 35.5. The smallest absolute Gasteiger partial charge is 0.338 e. The SMILES string of the molecule is COC(=O)c1ccccc1-c1cc2ccc(Cl)nc2n1S(C)(=O)=O. The standard InChI is InChI=1S/C16H13ClN2O4S/c1-23-16(20)12-6-4-3-5-11(12)13-9-10-7-8-14(17)18-15(10)19(13)24(2,21)22/h3-9H,1-2H3. The van der Waals surface area contributed by atoms with Crippen molar-refractivity contribution in [2.24, 2.45) is 0 Å². The zero-order chi connectivity index (χ0) is 17.5. The number of aromatic nitrogens is 2. The van der Waals surface area contributed by atoms with Crippen molar-refractivity contribution < 1.29 is 17.9 Å². The zero-order valence-corrected chi connectivity index (χ0v) is 14.4. The molecule has 0 fully saturated rings. The maximum atomic E-state index is 12.3. The second kappa shape index (κ2) is 5.92. The van der Waals surface area contributed by atoms with Gasteiger partial charge in [-0.15, -0.1) is 0 Å². The first-order chi connectivity index (χ1) is 11.3. The van der Waals surface area contributed by atoms with Crippen molar-refractivity contribution in [1.82, 2.24) is 8.96 Å². The van der Waals surface area contributed by atoms with Crippen LogP contribution in [-0.2, 0) is 14.8 Å². The van der Waals surface area contributed by atoms with Crippen LogP contribution in [0, 0.1) is 0 Å². The molecule has 0 aliphatic rings. The summed E-state index contributed by atoms with van der Waals surface area (Å²) >= 11 is 5.91. The van der Waals surface area contributed by atoms with Crippen LogP contribution in [0.1, 0.15) is 10.4 Å². The van der Waals surface area contributed by atoms with Gasteiger partial charge in [0.2, 0.25) is 10.0 Å². The molecule has 0 atom stereocenters. The predicted octanol–water partition coefficient (Wildman–Crippen LogP) is 2.95. The van der Waals surface area contributed by atoms with E-state index in [4.69, 9.17) is 16.3 Å². The Kier molecular flexibility index (Phi) is 4.06. The number of hydrogen-bond acceptors (Lipinski definition) is 5. The average molecular weight is 365 g/mol. The molecule has 0 spiro atoms. The minimum Gasteiger partial charge on any atom is -0.465 e. The number of rotatable bonds is 3. The van der Waals surface area contributed by atoms with Crippen molar-refractivity contribution in [2.75, 3.05) is 13.4 Å². The molecule has 124 valence electrons. The Morgan fingerprint density at radius 2 is 1.92 bits per heavy atom. The predicted molar refractivity (Wildman–Crippen MR) is 91.8 cm³/mol. The number of hydrogen-bond donors (Lipinski definition) is 0. The van der Waals surface area contributed by atoms with Crippen LogP contribution in [0.5, 0.6) is 0 Å². The van der Waals surface area contributed by atoms with Crippen LogP contribution in [0.15, 0.2) is 42.5 Å². The second-order valence-electron chi connectivity index (χ2n) is 5.14. The Morgan fingerprint density at radius 1 is 1.21 bits per heavy atom. The average Bonchev–Trinajstić information content (AvgIpc) is 2.92. The first-order valence-electron chi connectivity index (χ1n) is 6.89. The summed E-state index contributed by atoms with van der Waals surface area (Å²) in [5.74, 6) is -0.554. The number of carbonyl (C=O) groups excluding carboxylic acids is 1. The van der Waals surface area contributed by atoms with Gasteiger partial charge in [0.15, 0.2) is 5.65 Å². The molecule has 0 radical (unpaired) electrons. The van der Waals surface area contributed by atoms with Gasteiger partial charge in [-0.1, -0.05) is 29.8 Å². The quantitative estimate of drug-likeness (QED) is 0.527. The lowest BCUT2D eigenvalue weighted by molar-refractivity contribution is 0.0601. The minimum absolute atomic E-state index is 0.179. The van der Waals surface area contributed by atoms with Gasteiger partial charge in [-0.25, -0.2) is 22.2 Å². The lowest BCUT2D eigenvalue weighted by Crippen LogP contribution is -2.13. The van der Waals surface area contributed by atoms with Gasteiger partial charge in [0, 0.05) is 10.9 Å². The summed E-state index contributed by atoms with van der Waals surface area (Å²) in [5, 5.41) is 0.776. The van der Waals surface area contributed by atoms with Crippen molar-refractivity contribution in [2.45, 2.75) is 0 Å². The Morgan fingerprint density at radius 3 is 2.58 bits per heavy atom. The summed E-state index contributed by atoms with van der Waals surface area (Å²) in [4.78, 5) is 16.1. The molecule has 0 bridgehead atoms. The lowest BCUT2D eigenvalue weighted by Gasteiger charge is -2.11. The molecule has 2 aromatic heterocycles.